The Morgan fingerprint density at radius 1 is 1.47 bits per heavy atom. The molecule has 5 nitrogen and oxygen atoms in total. The van der Waals surface area contributed by atoms with Crippen molar-refractivity contribution in [1.82, 2.24) is 4.90 Å². The summed E-state index contributed by atoms with van der Waals surface area (Å²) in [5.74, 6) is -0.565. The second-order valence-corrected chi connectivity index (χ2v) is 4.17. The molecule has 0 aliphatic rings. The highest BCUT2D eigenvalue weighted by Crippen LogP contribution is 2.25. The third-order valence-corrected chi connectivity index (χ3v) is 2.44. The number of nitrogen functional groups attached to an aromatic ring is 1. The molecule has 94 valence electrons. The molecule has 1 aromatic rings. The first kappa shape index (κ1) is 13.4. The Morgan fingerprint density at radius 2 is 2.12 bits per heavy atom. The maximum atomic E-state index is 13.5. The summed E-state index contributed by atoms with van der Waals surface area (Å²) in [6.07, 6.45) is 1.30. The van der Waals surface area contributed by atoms with Crippen molar-refractivity contribution in [3.63, 3.8) is 0 Å². The minimum absolute atomic E-state index is 0.0104. The Bertz CT molecular complexity index is 421. The number of rotatable bonds is 5. The average molecular weight is 241 g/mol. The highest BCUT2D eigenvalue weighted by molar-refractivity contribution is 5.59. The van der Waals surface area contributed by atoms with Crippen molar-refractivity contribution >= 4 is 11.4 Å². The Hall–Kier alpha value is -1.69. The predicted molar refractivity (Wildman–Crippen MR) is 64.3 cm³/mol. The summed E-state index contributed by atoms with van der Waals surface area (Å²) >= 11 is 0. The van der Waals surface area contributed by atoms with Crippen molar-refractivity contribution in [2.75, 3.05) is 26.4 Å². The normalized spacial score (nSPS) is 10.8. The maximum Gasteiger partial charge on any atom is 0.295 e. The van der Waals surface area contributed by atoms with Crippen LogP contribution in [0.3, 0.4) is 0 Å². The van der Waals surface area contributed by atoms with E-state index in [-0.39, 0.29) is 11.4 Å². The third-order valence-electron chi connectivity index (χ3n) is 2.44. The van der Waals surface area contributed by atoms with Crippen molar-refractivity contribution in [1.29, 1.82) is 0 Å². The van der Waals surface area contributed by atoms with E-state index in [1.807, 2.05) is 19.0 Å². The second-order valence-electron chi connectivity index (χ2n) is 4.17. The molecular formula is C11H16FN3O2. The second kappa shape index (κ2) is 5.58. The quantitative estimate of drug-likeness (QED) is 0.484. The van der Waals surface area contributed by atoms with E-state index in [4.69, 9.17) is 5.73 Å². The molecule has 0 saturated heterocycles. The SMILES string of the molecule is CN(C)CCCc1cc(N)c([N+](=O)[O-])cc1F. The molecular weight excluding hydrogens is 225 g/mol. The van der Waals surface area contributed by atoms with Crippen LogP contribution in [0.1, 0.15) is 12.0 Å². The van der Waals surface area contributed by atoms with Crippen molar-refractivity contribution < 1.29 is 9.31 Å². The van der Waals surface area contributed by atoms with Crippen LogP contribution in [0.5, 0.6) is 0 Å². The molecule has 6 heteroatoms. The van der Waals surface area contributed by atoms with Gasteiger partial charge in [-0.15, -0.1) is 0 Å². The van der Waals surface area contributed by atoms with E-state index >= 15 is 0 Å². The monoisotopic (exact) mass is 241 g/mol. The van der Waals surface area contributed by atoms with Gasteiger partial charge in [0.1, 0.15) is 11.5 Å². The van der Waals surface area contributed by atoms with Gasteiger partial charge in [-0.2, -0.15) is 0 Å². The van der Waals surface area contributed by atoms with E-state index in [1.165, 1.54) is 6.07 Å². The first-order valence-electron chi connectivity index (χ1n) is 5.29. The first-order valence-corrected chi connectivity index (χ1v) is 5.29. The molecule has 0 aliphatic heterocycles. The van der Waals surface area contributed by atoms with Gasteiger partial charge in [0.15, 0.2) is 0 Å². The summed E-state index contributed by atoms with van der Waals surface area (Å²) in [6.45, 7) is 0.830. The van der Waals surface area contributed by atoms with Crippen molar-refractivity contribution in [2.24, 2.45) is 0 Å². The lowest BCUT2D eigenvalue weighted by Crippen LogP contribution is -2.13. The van der Waals surface area contributed by atoms with E-state index in [0.29, 0.717) is 12.0 Å². The summed E-state index contributed by atoms with van der Waals surface area (Å²) in [6, 6.07) is 2.24. The molecule has 0 aliphatic carbocycles. The lowest BCUT2D eigenvalue weighted by atomic mass is 10.1. The zero-order valence-electron chi connectivity index (χ0n) is 9.94. The molecule has 0 amide bonds. The fourth-order valence-electron chi connectivity index (χ4n) is 1.56. The summed E-state index contributed by atoms with van der Waals surface area (Å²) in [5, 5.41) is 10.5. The summed E-state index contributed by atoms with van der Waals surface area (Å²) < 4.78 is 13.5. The van der Waals surface area contributed by atoms with E-state index in [2.05, 4.69) is 0 Å². The molecule has 0 unspecified atom stereocenters. The lowest BCUT2D eigenvalue weighted by molar-refractivity contribution is -0.384. The molecule has 0 spiro atoms. The fourth-order valence-corrected chi connectivity index (χ4v) is 1.56. The first-order chi connectivity index (χ1) is 7.91. The van der Waals surface area contributed by atoms with Crippen LogP contribution in [0, 0.1) is 15.9 Å². The number of anilines is 1. The molecule has 0 bridgehead atoms. The van der Waals surface area contributed by atoms with Gasteiger partial charge in [0.2, 0.25) is 0 Å². The minimum Gasteiger partial charge on any atom is -0.393 e. The number of nitro benzene ring substituents is 1. The van der Waals surface area contributed by atoms with E-state index in [1.54, 1.807) is 0 Å². The number of aryl methyl sites for hydroxylation is 1. The van der Waals surface area contributed by atoms with Crippen molar-refractivity contribution in [2.45, 2.75) is 12.8 Å². The number of nitro groups is 1. The Kier molecular flexibility index (Phi) is 4.39. The maximum absolute atomic E-state index is 13.5. The third kappa shape index (κ3) is 3.67. The van der Waals surface area contributed by atoms with E-state index < -0.39 is 10.7 Å². The molecule has 0 aromatic heterocycles. The largest absolute Gasteiger partial charge is 0.393 e. The fraction of sp³-hybridized carbons (Fsp3) is 0.455. The van der Waals surface area contributed by atoms with E-state index in [0.717, 1.165) is 19.0 Å². The molecule has 2 N–H and O–H groups in total. The summed E-state index contributed by atoms with van der Waals surface area (Å²) in [4.78, 5) is 11.9. The van der Waals surface area contributed by atoms with Crippen LogP contribution in [-0.2, 0) is 6.42 Å². The van der Waals surface area contributed by atoms with E-state index in [9.17, 15) is 14.5 Å². The smallest absolute Gasteiger partial charge is 0.295 e. The Balaban J connectivity index is 2.81. The topological polar surface area (TPSA) is 72.4 Å². The highest BCUT2D eigenvalue weighted by atomic mass is 19.1. The van der Waals surface area contributed by atoms with Crippen molar-refractivity contribution in [3.8, 4) is 0 Å². The molecule has 0 saturated carbocycles. The van der Waals surface area contributed by atoms with Gasteiger partial charge in [-0.1, -0.05) is 0 Å². The van der Waals surface area contributed by atoms with Gasteiger partial charge in [-0.25, -0.2) is 4.39 Å². The molecule has 0 heterocycles. The molecule has 0 fully saturated rings. The number of halogens is 1. The summed E-state index contributed by atoms with van der Waals surface area (Å²) in [5.41, 5.74) is 5.56. The molecule has 1 rings (SSSR count). The number of hydrogen-bond acceptors (Lipinski definition) is 4. The van der Waals surface area contributed by atoms with Gasteiger partial charge >= 0.3 is 0 Å². The van der Waals surface area contributed by atoms with Crippen LogP contribution >= 0.6 is 0 Å². The summed E-state index contributed by atoms with van der Waals surface area (Å²) in [7, 11) is 3.86. The zero-order valence-corrected chi connectivity index (χ0v) is 9.94. The minimum atomic E-state index is -0.679. The molecule has 17 heavy (non-hydrogen) atoms. The van der Waals surface area contributed by atoms with Gasteiger partial charge in [-0.05, 0) is 45.1 Å². The number of hydrogen-bond donors (Lipinski definition) is 1. The number of benzene rings is 1. The molecule has 1 aromatic carbocycles. The molecule has 0 atom stereocenters. The number of nitrogens with zero attached hydrogens (tertiary/aromatic N) is 2. The van der Waals surface area contributed by atoms with Crippen LogP contribution in [0.4, 0.5) is 15.8 Å². The van der Waals surface area contributed by atoms with Gasteiger partial charge < -0.3 is 10.6 Å². The van der Waals surface area contributed by atoms with Gasteiger partial charge in [-0.3, -0.25) is 10.1 Å². The zero-order chi connectivity index (χ0) is 13.0. The Morgan fingerprint density at radius 3 is 2.65 bits per heavy atom. The standard InChI is InChI=1S/C11H16FN3O2/c1-14(2)5-3-4-8-6-10(13)11(15(16)17)7-9(8)12/h6-7H,3-5,13H2,1-2H3. The molecule has 0 radical (unpaired) electrons. The van der Waals surface area contributed by atoms with Crippen LogP contribution in [0.25, 0.3) is 0 Å². The van der Waals surface area contributed by atoms with Gasteiger partial charge in [0.25, 0.3) is 5.69 Å². The average Bonchev–Trinajstić information content (AvgIpc) is 2.21. The van der Waals surface area contributed by atoms with Crippen LogP contribution in [0.2, 0.25) is 0 Å². The van der Waals surface area contributed by atoms with Gasteiger partial charge in [0.05, 0.1) is 11.0 Å². The van der Waals surface area contributed by atoms with Crippen LogP contribution < -0.4 is 5.73 Å². The van der Waals surface area contributed by atoms with Gasteiger partial charge in [0, 0.05) is 0 Å². The Labute approximate surface area is 99.2 Å². The van der Waals surface area contributed by atoms with Crippen LogP contribution in [-0.4, -0.2) is 30.5 Å². The van der Waals surface area contributed by atoms with Crippen molar-refractivity contribution in [3.05, 3.63) is 33.6 Å². The van der Waals surface area contributed by atoms with Crippen LogP contribution in [0.15, 0.2) is 12.1 Å². The number of nitrogens with two attached hydrogens (primary N) is 1. The lowest BCUT2D eigenvalue weighted by Gasteiger charge is -2.09. The highest BCUT2D eigenvalue weighted by Gasteiger charge is 2.15. The predicted octanol–water partition coefficient (Wildman–Crippen LogP) is 1.81.